The number of benzene rings is 3. The molecule has 1 heterocycles. The highest BCUT2D eigenvalue weighted by molar-refractivity contribution is 6.36. The van der Waals surface area contributed by atoms with Crippen molar-refractivity contribution in [3.63, 3.8) is 0 Å². The van der Waals surface area contributed by atoms with Crippen molar-refractivity contribution in [2.75, 3.05) is 5.32 Å². The highest BCUT2D eigenvalue weighted by Gasteiger charge is 2.39. The standard InChI is InChI=1S/C22H17Cl2N/c23-14-11-19-16-8-4-10-18(16)21(25-22(19)20(24)12-14)17-9-3-6-13-5-1-2-7-15(13)17/h1-9,11-12,16,18,21,25H,10H2/t16-,18+,21+/m1/s1. The second-order valence-corrected chi connectivity index (χ2v) is 7.74. The highest BCUT2D eigenvalue weighted by atomic mass is 35.5. The summed E-state index contributed by atoms with van der Waals surface area (Å²) >= 11 is 12.8. The van der Waals surface area contributed by atoms with Crippen LogP contribution in [-0.2, 0) is 0 Å². The van der Waals surface area contributed by atoms with Crippen LogP contribution in [0.2, 0.25) is 10.0 Å². The van der Waals surface area contributed by atoms with E-state index in [9.17, 15) is 0 Å². The molecule has 1 N–H and O–H groups in total. The van der Waals surface area contributed by atoms with Crippen molar-refractivity contribution in [2.45, 2.75) is 18.4 Å². The Bertz CT molecular complexity index is 1000. The van der Waals surface area contributed by atoms with E-state index in [-0.39, 0.29) is 6.04 Å². The van der Waals surface area contributed by atoms with E-state index < -0.39 is 0 Å². The van der Waals surface area contributed by atoms with E-state index in [1.54, 1.807) is 0 Å². The lowest BCUT2D eigenvalue weighted by Crippen LogP contribution is -2.29. The van der Waals surface area contributed by atoms with E-state index >= 15 is 0 Å². The van der Waals surface area contributed by atoms with Gasteiger partial charge < -0.3 is 5.32 Å². The van der Waals surface area contributed by atoms with Gasteiger partial charge in [0.2, 0.25) is 0 Å². The van der Waals surface area contributed by atoms with Gasteiger partial charge in [-0.05, 0) is 46.4 Å². The van der Waals surface area contributed by atoms with Crippen LogP contribution in [-0.4, -0.2) is 0 Å². The third-order valence-corrected chi connectivity index (χ3v) is 6.06. The molecule has 3 aromatic carbocycles. The molecule has 0 saturated carbocycles. The molecule has 0 saturated heterocycles. The van der Waals surface area contributed by atoms with Gasteiger partial charge in [-0.25, -0.2) is 0 Å². The van der Waals surface area contributed by atoms with Gasteiger partial charge in [-0.3, -0.25) is 0 Å². The van der Waals surface area contributed by atoms with Crippen molar-refractivity contribution in [1.82, 2.24) is 0 Å². The van der Waals surface area contributed by atoms with Crippen LogP contribution in [0.1, 0.15) is 29.5 Å². The van der Waals surface area contributed by atoms with Gasteiger partial charge >= 0.3 is 0 Å². The second-order valence-electron chi connectivity index (χ2n) is 6.90. The van der Waals surface area contributed by atoms with Crippen molar-refractivity contribution in [3.8, 4) is 0 Å². The summed E-state index contributed by atoms with van der Waals surface area (Å²) < 4.78 is 0. The largest absolute Gasteiger partial charge is 0.376 e. The number of fused-ring (bicyclic) bond motifs is 4. The van der Waals surface area contributed by atoms with Crippen LogP contribution in [0.4, 0.5) is 5.69 Å². The number of nitrogens with one attached hydrogen (secondary N) is 1. The van der Waals surface area contributed by atoms with Gasteiger partial charge in [-0.1, -0.05) is 77.8 Å². The van der Waals surface area contributed by atoms with E-state index in [4.69, 9.17) is 23.2 Å². The molecule has 3 atom stereocenters. The molecule has 0 radical (unpaired) electrons. The van der Waals surface area contributed by atoms with E-state index in [2.05, 4.69) is 66.0 Å². The van der Waals surface area contributed by atoms with Gasteiger partial charge in [0.05, 0.1) is 16.8 Å². The van der Waals surface area contributed by atoms with Crippen LogP contribution < -0.4 is 5.32 Å². The average Bonchev–Trinajstić information content (AvgIpc) is 3.11. The first kappa shape index (κ1) is 15.3. The van der Waals surface area contributed by atoms with E-state index in [1.807, 2.05) is 6.07 Å². The number of hydrogen-bond donors (Lipinski definition) is 1. The Balaban J connectivity index is 1.70. The topological polar surface area (TPSA) is 12.0 Å². The molecule has 0 aromatic heterocycles. The Morgan fingerprint density at radius 2 is 1.76 bits per heavy atom. The smallest absolute Gasteiger partial charge is 0.0655 e. The monoisotopic (exact) mass is 365 g/mol. The number of halogens is 2. The summed E-state index contributed by atoms with van der Waals surface area (Å²) in [6.45, 7) is 0. The van der Waals surface area contributed by atoms with Crippen molar-refractivity contribution < 1.29 is 0 Å². The molecule has 0 spiro atoms. The van der Waals surface area contributed by atoms with Gasteiger partial charge in [0.15, 0.2) is 0 Å². The molecule has 1 nitrogen and oxygen atoms in total. The lowest BCUT2D eigenvalue weighted by atomic mass is 9.76. The van der Waals surface area contributed by atoms with Gasteiger partial charge in [0.25, 0.3) is 0 Å². The normalized spacial score (nSPS) is 24.0. The van der Waals surface area contributed by atoms with Crippen molar-refractivity contribution in [3.05, 3.63) is 87.9 Å². The average molecular weight is 366 g/mol. The molecular formula is C22H17Cl2N. The van der Waals surface area contributed by atoms with Crippen LogP contribution in [0.25, 0.3) is 10.8 Å². The first-order valence-electron chi connectivity index (χ1n) is 8.62. The molecule has 3 heteroatoms. The van der Waals surface area contributed by atoms with Crippen LogP contribution in [0.15, 0.2) is 66.7 Å². The number of rotatable bonds is 1. The van der Waals surface area contributed by atoms with Crippen molar-refractivity contribution >= 4 is 39.7 Å². The minimum atomic E-state index is 0.234. The number of anilines is 1. The second kappa shape index (κ2) is 5.79. The summed E-state index contributed by atoms with van der Waals surface area (Å²) in [5.74, 6) is 0.837. The van der Waals surface area contributed by atoms with Gasteiger partial charge in [0.1, 0.15) is 0 Å². The minimum Gasteiger partial charge on any atom is -0.376 e. The summed E-state index contributed by atoms with van der Waals surface area (Å²) in [7, 11) is 0. The molecule has 1 aliphatic carbocycles. The molecule has 2 aliphatic rings. The molecule has 0 fully saturated rings. The SMILES string of the molecule is Clc1cc(Cl)c2c(c1)[C@@H]1C=CC[C@@H]1[C@H](c1cccc3ccccc13)N2. The maximum atomic E-state index is 6.54. The molecule has 0 unspecified atom stereocenters. The summed E-state index contributed by atoms with van der Waals surface area (Å²) in [6, 6.07) is 19.3. The van der Waals surface area contributed by atoms with Gasteiger partial charge in [0, 0.05) is 10.9 Å². The van der Waals surface area contributed by atoms with Crippen LogP contribution in [0.5, 0.6) is 0 Å². The third kappa shape index (κ3) is 2.38. The van der Waals surface area contributed by atoms with E-state index in [1.165, 1.54) is 21.9 Å². The third-order valence-electron chi connectivity index (χ3n) is 5.54. The Labute approximate surface area is 157 Å². The highest BCUT2D eigenvalue weighted by Crippen LogP contribution is 2.52. The fourth-order valence-corrected chi connectivity index (χ4v) is 5.01. The molecule has 1 aliphatic heterocycles. The lowest BCUT2D eigenvalue weighted by Gasteiger charge is -2.38. The minimum absolute atomic E-state index is 0.234. The fraction of sp³-hybridized carbons (Fsp3) is 0.182. The molecule has 0 bridgehead atoms. The molecule has 124 valence electrons. The van der Waals surface area contributed by atoms with Crippen LogP contribution in [0, 0.1) is 5.92 Å². The number of allylic oxidation sites excluding steroid dienone is 2. The molecule has 0 amide bonds. The van der Waals surface area contributed by atoms with Gasteiger partial charge in [-0.2, -0.15) is 0 Å². The Morgan fingerprint density at radius 1 is 0.920 bits per heavy atom. The maximum absolute atomic E-state index is 6.54. The van der Waals surface area contributed by atoms with Crippen LogP contribution >= 0.6 is 23.2 Å². The number of hydrogen-bond acceptors (Lipinski definition) is 1. The lowest BCUT2D eigenvalue weighted by molar-refractivity contribution is 0.427. The van der Waals surface area contributed by atoms with Gasteiger partial charge in [-0.15, -0.1) is 0 Å². The molecule has 5 rings (SSSR count). The van der Waals surface area contributed by atoms with E-state index in [0.29, 0.717) is 21.9 Å². The molecule has 3 aromatic rings. The maximum Gasteiger partial charge on any atom is 0.0655 e. The summed E-state index contributed by atoms with van der Waals surface area (Å²) in [5, 5.41) is 7.73. The summed E-state index contributed by atoms with van der Waals surface area (Å²) in [6.07, 6.45) is 5.67. The van der Waals surface area contributed by atoms with Crippen LogP contribution in [0.3, 0.4) is 0 Å². The quantitative estimate of drug-likeness (QED) is 0.459. The van der Waals surface area contributed by atoms with Crippen molar-refractivity contribution in [1.29, 1.82) is 0 Å². The van der Waals surface area contributed by atoms with E-state index in [0.717, 1.165) is 12.1 Å². The zero-order valence-electron chi connectivity index (χ0n) is 13.5. The molecule has 25 heavy (non-hydrogen) atoms. The molecular weight excluding hydrogens is 349 g/mol. The Kier molecular flexibility index (Phi) is 3.55. The zero-order valence-corrected chi connectivity index (χ0v) is 15.1. The first-order valence-corrected chi connectivity index (χ1v) is 9.38. The Hall–Kier alpha value is -1.96. The predicted octanol–water partition coefficient (Wildman–Crippen LogP) is 6.97. The summed E-state index contributed by atoms with van der Waals surface area (Å²) in [4.78, 5) is 0. The summed E-state index contributed by atoms with van der Waals surface area (Å²) in [5.41, 5.74) is 3.58. The first-order chi connectivity index (χ1) is 12.2. The Morgan fingerprint density at radius 3 is 2.68 bits per heavy atom. The fourth-order valence-electron chi connectivity index (χ4n) is 4.45. The zero-order chi connectivity index (χ0) is 17.0. The van der Waals surface area contributed by atoms with Crippen molar-refractivity contribution in [2.24, 2.45) is 5.92 Å². The predicted molar refractivity (Wildman–Crippen MR) is 107 cm³/mol.